The zero-order valence-corrected chi connectivity index (χ0v) is 18.8. The maximum atomic E-state index is 13.2. The highest BCUT2D eigenvalue weighted by atomic mass is 35.5. The van der Waals surface area contributed by atoms with Gasteiger partial charge in [-0.2, -0.15) is 0 Å². The molecule has 160 valence electrons. The average Bonchev–Trinajstić information content (AvgIpc) is 3.12. The van der Waals surface area contributed by atoms with Crippen LogP contribution in [-0.4, -0.2) is 21.2 Å². The van der Waals surface area contributed by atoms with Crippen LogP contribution in [0.25, 0.3) is 22.1 Å². The summed E-state index contributed by atoms with van der Waals surface area (Å²) < 4.78 is 7.41. The average molecular weight is 456 g/mol. The lowest BCUT2D eigenvalue weighted by molar-refractivity contribution is -0.113. The van der Waals surface area contributed by atoms with Crippen LogP contribution >= 0.6 is 23.4 Å². The number of carbonyl (C=O) groups is 1. The van der Waals surface area contributed by atoms with E-state index in [1.165, 1.54) is 11.8 Å². The minimum Gasteiger partial charge on any atom is -0.448 e. The summed E-state index contributed by atoms with van der Waals surface area (Å²) in [5.74, 6) is 0.292. The molecule has 0 bridgehead atoms. The molecule has 0 saturated heterocycles. The molecule has 2 aromatic carbocycles. The SMILES string of the molecule is CC(C)CCn1c(SCC(=O)Nc2ccccc2Cl)nc2c(oc3ccccc32)c1=O. The molecule has 1 N–H and O–H groups in total. The van der Waals surface area contributed by atoms with Gasteiger partial charge in [-0.15, -0.1) is 0 Å². The third kappa shape index (κ3) is 4.62. The molecule has 8 heteroatoms. The van der Waals surface area contributed by atoms with Crippen molar-refractivity contribution in [1.82, 2.24) is 9.55 Å². The van der Waals surface area contributed by atoms with Crippen molar-refractivity contribution in [3.63, 3.8) is 0 Å². The standard InChI is InChI=1S/C23H22ClN3O3S/c1-14(2)11-12-27-22(29)21-20(15-7-3-6-10-18(15)30-21)26-23(27)31-13-19(28)25-17-9-5-4-8-16(17)24/h3-10,14H,11-13H2,1-2H3,(H,25,28). The van der Waals surface area contributed by atoms with E-state index < -0.39 is 0 Å². The van der Waals surface area contributed by atoms with Crippen LogP contribution in [0.5, 0.6) is 0 Å². The van der Waals surface area contributed by atoms with Crippen LogP contribution in [0.15, 0.2) is 62.9 Å². The number of benzene rings is 2. The summed E-state index contributed by atoms with van der Waals surface area (Å²) in [6.07, 6.45) is 0.812. The number of amides is 1. The number of fused-ring (bicyclic) bond motifs is 3. The third-order valence-corrected chi connectivity index (χ3v) is 6.16. The van der Waals surface area contributed by atoms with Crippen molar-refractivity contribution < 1.29 is 9.21 Å². The zero-order chi connectivity index (χ0) is 22.0. The molecule has 2 aromatic heterocycles. The zero-order valence-electron chi connectivity index (χ0n) is 17.2. The summed E-state index contributed by atoms with van der Waals surface area (Å²) in [5.41, 5.74) is 1.72. The molecule has 0 radical (unpaired) electrons. The maximum absolute atomic E-state index is 13.2. The third-order valence-electron chi connectivity index (χ3n) is 4.86. The number of carbonyl (C=O) groups excluding carboxylic acids is 1. The van der Waals surface area contributed by atoms with Gasteiger partial charge in [-0.05, 0) is 36.6 Å². The summed E-state index contributed by atoms with van der Waals surface area (Å²) in [7, 11) is 0. The number of hydrogen-bond acceptors (Lipinski definition) is 5. The first-order chi connectivity index (χ1) is 14.9. The fourth-order valence-corrected chi connectivity index (χ4v) is 4.23. The molecule has 0 unspecified atom stereocenters. The van der Waals surface area contributed by atoms with Gasteiger partial charge in [0.25, 0.3) is 5.56 Å². The Kier molecular flexibility index (Phi) is 6.34. The van der Waals surface area contributed by atoms with E-state index in [9.17, 15) is 9.59 Å². The van der Waals surface area contributed by atoms with Crippen LogP contribution in [-0.2, 0) is 11.3 Å². The number of hydrogen-bond donors (Lipinski definition) is 1. The normalized spacial score (nSPS) is 11.5. The van der Waals surface area contributed by atoms with Gasteiger partial charge in [-0.25, -0.2) is 4.98 Å². The molecule has 4 aromatic rings. The molecular weight excluding hydrogens is 434 g/mol. The number of thioether (sulfide) groups is 1. The van der Waals surface area contributed by atoms with Crippen molar-refractivity contribution in [3.8, 4) is 0 Å². The second-order valence-corrected chi connectivity index (χ2v) is 8.98. The monoisotopic (exact) mass is 455 g/mol. The molecule has 0 spiro atoms. The molecular formula is C23H22ClN3O3S. The van der Waals surface area contributed by atoms with Crippen LogP contribution in [0.1, 0.15) is 20.3 Å². The fourth-order valence-electron chi connectivity index (χ4n) is 3.23. The Morgan fingerprint density at radius 3 is 2.71 bits per heavy atom. The Labute approximate surface area is 188 Å². The van der Waals surface area contributed by atoms with Crippen molar-refractivity contribution in [3.05, 3.63) is 63.9 Å². The maximum Gasteiger partial charge on any atom is 0.297 e. The van der Waals surface area contributed by atoms with Gasteiger partial charge in [-0.1, -0.05) is 61.5 Å². The van der Waals surface area contributed by atoms with Crippen molar-refractivity contribution in [2.75, 3.05) is 11.1 Å². The van der Waals surface area contributed by atoms with Gasteiger partial charge in [-0.3, -0.25) is 14.2 Å². The molecule has 6 nitrogen and oxygen atoms in total. The van der Waals surface area contributed by atoms with E-state index in [4.69, 9.17) is 21.0 Å². The van der Waals surface area contributed by atoms with Crippen molar-refractivity contribution in [1.29, 1.82) is 0 Å². The molecule has 0 fully saturated rings. The number of rotatable bonds is 7. The highest BCUT2D eigenvalue weighted by molar-refractivity contribution is 7.99. The van der Waals surface area contributed by atoms with Crippen LogP contribution in [0.2, 0.25) is 5.02 Å². The van der Waals surface area contributed by atoms with E-state index >= 15 is 0 Å². The van der Waals surface area contributed by atoms with Crippen molar-refractivity contribution in [2.45, 2.75) is 32.0 Å². The van der Waals surface area contributed by atoms with Gasteiger partial charge in [0.2, 0.25) is 11.5 Å². The number of anilines is 1. The van der Waals surface area contributed by atoms with E-state index in [2.05, 4.69) is 19.2 Å². The fraction of sp³-hybridized carbons (Fsp3) is 0.261. The van der Waals surface area contributed by atoms with Crippen LogP contribution in [0.3, 0.4) is 0 Å². The van der Waals surface area contributed by atoms with E-state index in [0.717, 1.165) is 11.8 Å². The summed E-state index contributed by atoms with van der Waals surface area (Å²) >= 11 is 7.35. The molecule has 0 aliphatic rings. The number of furan rings is 1. The quantitative estimate of drug-likeness (QED) is 0.291. The van der Waals surface area contributed by atoms with E-state index in [-0.39, 0.29) is 22.8 Å². The minimum atomic E-state index is -0.226. The summed E-state index contributed by atoms with van der Waals surface area (Å²) in [6, 6.07) is 14.5. The first-order valence-corrected chi connectivity index (χ1v) is 11.4. The second-order valence-electron chi connectivity index (χ2n) is 7.63. The van der Waals surface area contributed by atoms with Crippen molar-refractivity contribution >= 4 is 57.0 Å². The Balaban J connectivity index is 1.66. The summed E-state index contributed by atoms with van der Waals surface area (Å²) in [4.78, 5) is 30.4. The van der Waals surface area contributed by atoms with E-state index in [0.29, 0.717) is 39.4 Å². The predicted octanol–water partition coefficient (Wildman–Crippen LogP) is 5.57. The first kappa shape index (κ1) is 21.5. The highest BCUT2D eigenvalue weighted by Gasteiger charge is 2.19. The van der Waals surface area contributed by atoms with Gasteiger partial charge in [0.1, 0.15) is 11.1 Å². The number of para-hydroxylation sites is 2. The number of nitrogens with one attached hydrogen (secondary N) is 1. The lowest BCUT2D eigenvalue weighted by Gasteiger charge is -2.13. The Bertz CT molecular complexity index is 1310. The van der Waals surface area contributed by atoms with Crippen molar-refractivity contribution in [2.24, 2.45) is 5.92 Å². The minimum absolute atomic E-state index is 0.0978. The Hall–Kier alpha value is -2.77. The second kappa shape index (κ2) is 9.16. The van der Waals surface area contributed by atoms with Crippen LogP contribution < -0.4 is 10.9 Å². The van der Waals surface area contributed by atoms with Crippen LogP contribution in [0.4, 0.5) is 5.69 Å². The molecule has 4 rings (SSSR count). The van der Waals surface area contributed by atoms with E-state index in [1.807, 2.05) is 24.3 Å². The lowest BCUT2D eigenvalue weighted by Crippen LogP contribution is -2.24. The van der Waals surface area contributed by atoms with Gasteiger partial charge in [0.15, 0.2) is 5.16 Å². The van der Waals surface area contributed by atoms with Crippen LogP contribution in [0, 0.1) is 5.92 Å². The smallest absolute Gasteiger partial charge is 0.297 e. The summed E-state index contributed by atoms with van der Waals surface area (Å²) in [5, 5.41) is 4.56. The largest absolute Gasteiger partial charge is 0.448 e. The molecule has 31 heavy (non-hydrogen) atoms. The molecule has 1 amide bonds. The molecule has 2 heterocycles. The highest BCUT2D eigenvalue weighted by Crippen LogP contribution is 2.28. The Morgan fingerprint density at radius 2 is 1.94 bits per heavy atom. The first-order valence-electron chi connectivity index (χ1n) is 10.0. The number of nitrogens with zero attached hydrogens (tertiary/aromatic N) is 2. The summed E-state index contributed by atoms with van der Waals surface area (Å²) in [6.45, 7) is 4.70. The van der Waals surface area contributed by atoms with Gasteiger partial charge in [0.05, 0.1) is 16.5 Å². The number of halogens is 1. The van der Waals surface area contributed by atoms with Gasteiger partial charge < -0.3 is 9.73 Å². The Morgan fingerprint density at radius 1 is 1.19 bits per heavy atom. The lowest BCUT2D eigenvalue weighted by atomic mass is 10.1. The molecule has 0 saturated carbocycles. The van der Waals surface area contributed by atoms with E-state index in [1.54, 1.807) is 28.8 Å². The van der Waals surface area contributed by atoms with Gasteiger partial charge in [0, 0.05) is 11.9 Å². The molecule has 0 atom stereocenters. The number of aromatic nitrogens is 2. The predicted molar refractivity (Wildman–Crippen MR) is 126 cm³/mol. The molecule has 0 aliphatic heterocycles. The topological polar surface area (TPSA) is 77.1 Å². The van der Waals surface area contributed by atoms with Gasteiger partial charge >= 0.3 is 0 Å². The molecule has 0 aliphatic carbocycles.